The highest BCUT2D eigenvalue weighted by Crippen LogP contribution is 2.37. The molecule has 2 N–H and O–H groups in total. The lowest BCUT2D eigenvalue weighted by molar-refractivity contribution is -0.118. The molecule has 0 saturated carbocycles. The molecule has 146 valence electrons. The van der Waals surface area contributed by atoms with Gasteiger partial charge in [0.1, 0.15) is 11.5 Å². The predicted octanol–water partition coefficient (Wildman–Crippen LogP) is 2.91. The summed E-state index contributed by atoms with van der Waals surface area (Å²) in [5.41, 5.74) is 2.18. The second-order valence-electron chi connectivity index (χ2n) is 6.09. The maximum Gasteiger partial charge on any atom is 0.261 e. The largest absolute Gasteiger partial charge is 0.492 e. The lowest BCUT2D eigenvalue weighted by atomic mass is 10.1. The average molecular weight is 384 g/mol. The van der Waals surface area contributed by atoms with Gasteiger partial charge >= 0.3 is 0 Å². The molecule has 0 spiro atoms. The van der Waals surface area contributed by atoms with Gasteiger partial charge in [-0.25, -0.2) is 0 Å². The molecule has 0 bridgehead atoms. The number of amides is 1. The van der Waals surface area contributed by atoms with E-state index in [1.807, 2.05) is 0 Å². The van der Waals surface area contributed by atoms with Gasteiger partial charge in [0.15, 0.2) is 11.5 Å². The maximum absolute atomic E-state index is 12.1. The Bertz CT molecular complexity index is 927. The van der Waals surface area contributed by atoms with Crippen LogP contribution in [0.15, 0.2) is 65.2 Å². The van der Waals surface area contributed by atoms with E-state index in [1.54, 1.807) is 31.2 Å². The van der Waals surface area contributed by atoms with Crippen molar-refractivity contribution < 1.29 is 29.0 Å². The molecule has 28 heavy (non-hydrogen) atoms. The van der Waals surface area contributed by atoms with Crippen molar-refractivity contribution in [2.75, 3.05) is 19.5 Å². The van der Waals surface area contributed by atoms with Crippen molar-refractivity contribution in [3.8, 4) is 0 Å². The molecule has 3 rings (SSSR count). The number of rotatable bonds is 4. The van der Waals surface area contributed by atoms with Crippen molar-refractivity contribution in [1.29, 1.82) is 0 Å². The monoisotopic (exact) mass is 384 g/mol. The summed E-state index contributed by atoms with van der Waals surface area (Å²) in [5.74, 6) is 0.171. The number of hydrogen-bond donors (Lipinski definition) is 2. The molecule has 0 saturated heterocycles. The maximum atomic E-state index is 12.1. The number of hydroxylamine groups is 2. The van der Waals surface area contributed by atoms with Crippen molar-refractivity contribution >= 4 is 23.1 Å². The van der Waals surface area contributed by atoms with Gasteiger partial charge in [-0.05, 0) is 31.2 Å². The molecule has 0 atom stereocenters. The third-order valence-electron chi connectivity index (χ3n) is 4.17. The number of nitrogens with one attached hydrogen (secondary N) is 1. The first-order valence-corrected chi connectivity index (χ1v) is 8.41. The van der Waals surface area contributed by atoms with Gasteiger partial charge in [0.25, 0.3) is 5.78 Å². The Labute approximate surface area is 161 Å². The molecule has 0 fully saturated rings. The summed E-state index contributed by atoms with van der Waals surface area (Å²) >= 11 is 0. The van der Waals surface area contributed by atoms with Crippen LogP contribution in [0.3, 0.4) is 0 Å². The van der Waals surface area contributed by atoms with E-state index in [0.29, 0.717) is 28.3 Å². The lowest BCUT2D eigenvalue weighted by Gasteiger charge is -2.18. The highest BCUT2D eigenvalue weighted by Gasteiger charge is 2.32. The van der Waals surface area contributed by atoms with Crippen molar-refractivity contribution in [3.63, 3.8) is 0 Å². The number of hydrogen-bond acceptors (Lipinski definition) is 7. The highest BCUT2D eigenvalue weighted by molar-refractivity contribution is 6.07. The Morgan fingerprint density at radius 3 is 2.18 bits per heavy atom. The molecule has 8 heteroatoms. The fraction of sp³-hybridized carbons (Fsp3) is 0.200. The van der Waals surface area contributed by atoms with Crippen molar-refractivity contribution in [2.45, 2.75) is 13.8 Å². The van der Waals surface area contributed by atoms with Gasteiger partial charge < -0.3 is 19.5 Å². The molecule has 1 aliphatic heterocycles. The van der Waals surface area contributed by atoms with Crippen molar-refractivity contribution in [3.05, 3.63) is 70.7 Å². The van der Waals surface area contributed by atoms with E-state index in [2.05, 4.69) is 5.32 Å². The van der Waals surface area contributed by atoms with Gasteiger partial charge in [-0.2, -0.15) is 5.06 Å². The van der Waals surface area contributed by atoms with E-state index in [0.717, 1.165) is 5.06 Å². The zero-order valence-electron chi connectivity index (χ0n) is 15.9. The number of carbonyl (C=O) groups excluding carboxylic acids is 2. The molecule has 2 aliphatic rings. The summed E-state index contributed by atoms with van der Waals surface area (Å²) in [4.78, 5) is 23.3. The molecule has 1 aromatic rings. The van der Waals surface area contributed by atoms with Gasteiger partial charge in [-0.15, -0.1) is 0 Å². The fourth-order valence-corrected chi connectivity index (χ4v) is 2.91. The van der Waals surface area contributed by atoms with E-state index in [9.17, 15) is 14.8 Å². The lowest BCUT2D eigenvalue weighted by Crippen LogP contribution is -2.18. The standard InChI is InChI=1S/C20H20N2O6/c1-11-18(13-5-7-15(8-6-13)21-12(2)23)22(25)20(28-11)14-9-16(26-3)19(24)17(10-14)27-4/h5-10,25H,1-4H3,(H,21,23). The van der Waals surface area contributed by atoms with Crippen LogP contribution in [0, 0.1) is 0 Å². The number of benzene rings is 1. The Kier molecular flexibility index (Phi) is 5.23. The highest BCUT2D eigenvalue weighted by atomic mass is 16.6. The molecule has 8 nitrogen and oxygen atoms in total. The zero-order valence-corrected chi connectivity index (χ0v) is 15.9. The summed E-state index contributed by atoms with van der Waals surface area (Å²) in [7, 11) is 2.75. The minimum absolute atomic E-state index is 0.0737. The molecular weight excluding hydrogens is 364 g/mol. The van der Waals surface area contributed by atoms with Crippen LogP contribution in [0.5, 0.6) is 0 Å². The number of anilines is 1. The van der Waals surface area contributed by atoms with E-state index in [-0.39, 0.29) is 23.3 Å². The Morgan fingerprint density at radius 2 is 1.68 bits per heavy atom. The van der Waals surface area contributed by atoms with Gasteiger partial charge in [0.05, 0.1) is 14.2 Å². The second-order valence-corrected chi connectivity index (χ2v) is 6.09. The van der Waals surface area contributed by atoms with Crippen molar-refractivity contribution in [2.24, 2.45) is 0 Å². The molecule has 0 unspecified atom stereocenters. The number of Topliss-reactive ketones (excluding diaryl/α,β-unsaturated/α-hetero) is 1. The van der Waals surface area contributed by atoms with Crippen LogP contribution in [0.25, 0.3) is 5.70 Å². The van der Waals surface area contributed by atoms with E-state index < -0.39 is 5.78 Å². The number of carbonyl (C=O) groups is 2. The molecule has 1 aliphatic carbocycles. The summed E-state index contributed by atoms with van der Waals surface area (Å²) in [6, 6.07) is 6.95. The Balaban J connectivity index is 1.96. The Morgan fingerprint density at radius 1 is 1.11 bits per heavy atom. The van der Waals surface area contributed by atoms with Gasteiger partial charge in [-0.1, -0.05) is 12.1 Å². The van der Waals surface area contributed by atoms with Crippen LogP contribution < -0.4 is 5.32 Å². The Hall–Kier alpha value is -3.52. The normalized spacial score (nSPS) is 16.6. The first-order chi connectivity index (χ1) is 13.3. The first-order valence-electron chi connectivity index (χ1n) is 8.41. The number of nitrogens with zero attached hydrogens (tertiary/aromatic N) is 1. The minimum Gasteiger partial charge on any atom is -0.492 e. The van der Waals surface area contributed by atoms with Crippen LogP contribution in [-0.2, 0) is 23.8 Å². The third kappa shape index (κ3) is 3.49. The summed E-state index contributed by atoms with van der Waals surface area (Å²) in [6.45, 7) is 3.14. The molecule has 0 radical (unpaired) electrons. The molecule has 1 aromatic carbocycles. The van der Waals surface area contributed by atoms with Gasteiger partial charge in [0.2, 0.25) is 11.8 Å². The van der Waals surface area contributed by atoms with Gasteiger partial charge in [-0.3, -0.25) is 14.8 Å². The zero-order chi connectivity index (χ0) is 20.4. The van der Waals surface area contributed by atoms with E-state index >= 15 is 0 Å². The molecule has 0 aromatic heterocycles. The number of allylic oxidation sites excluding steroid dienone is 4. The van der Waals surface area contributed by atoms with Crippen LogP contribution >= 0.6 is 0 Å². The van der Waals surface area contributed by atoms with Crippen LogP contribution in [0.1, 0.15) is 19.4 Å². The smallest absolute Gasteiger partial charge is 0.261 e. The second kappa shape index (κ2) is 7.61. The quantitative estimate of drug-likeness (QED) is 0.824. The predicted molar refractivity (Wildman–Crippen MR) is 100 cm³/mol. The fourth-order valence-electron chi connectivity index (χ4n) is 2.91. The molecule has 1 heterocycles. The van der Waals surface area contributed by atoms with Crippen LogP contribution in [0.4, 0.5) is 5.69 Å². The van der Waals surface area contributed by atoms with Gasteiger partial charge in [0, 0.05) is 23.7 Å². The SMILES string of the molecule is COC1=CC(=C2OC(C)=C(c3ccc(NC(C)=O)cc3)N2O)C=C(OC)C1=O. The minimum atomic E-state index is -0.393. The van der Waals surface area contributed by atoms with E-state index in [4.69, 9.17) is 14.2 Å². The summed E-state index contributed by atoms with van der Waals surface area (Å²) in [6.07, 6.45) is 2.94. The number of ether oxygens (including phenoxy) is 3. The summed E-state index contributed by atoms with van der Waals surface area (Å²) < 4.78 is 15.9. The van der Waals surface area contributed by atoms with E-state index in [1.165, 1.54) is 33.3 Å². The van der Waals surface area contributed by atoms with Crippen LogP contribution in [0.2, 0.25) is 0 Å². The van der Waals surface area contributed by atoms with Crippen molar-refractivity contribution in [1.82, 2.24) is 5.06 Å². The topological polar surface area (TPSA) is 97.3 Å². The number of methoxy groups -OCH3 is 2. The first kappa shape index (κ1) is 19.2. The average Bonchev–Trinajstić information content (AvgIpc) is 2.96. The molecule has 1 amide bonds. The number of ketones is 1. The third-order valence-corrected chi connectivity index (χ3v) is 4.17. The summed E-state index contributed by atoms with van der Waals surface area (Å²) in [5, 5.41) is 14.3. The molecular formula is C20H20N2O6. The van der Waals surface area contributed by atoms with Crippen LogP contribution in [-0.4, -0.2) is 36.2 Å².